The highest BCUT2D eigenvalue weighted by Crippen LogP contribution is 2.35. The smallest absolute Gasteiger partial charge is 0.421 e. The van der Waals surface area contributed by atoms with Crippen molar-refractivity contribution < 1.29 is 9.53 Å². The van der Waals surface area contributed by atoms with Gasteiger partial charge in [0.1, 0.15) is 5.60 Å². The molecule has 1 aliphatic rings. The van der Waals surface area contributed by atoms with Crippen LogP contribution in [0.5, 0.6) is 0 Å². The number of benzene rings is 1. The molecule has 0 aliphatic heterocycles. The van der Waals surface area contributed by atoms with E-state index >= 15 is 0 Å². The van der Waals surface area contributed by atoms with E-state index in [0.29, 0.717) is 0 Å². The van der Waals surface area contributed by atoms with Gasteiger partial charge in [-0.1, -0.05) is 36.8 Å². The predicted octanol–water partition coefficient (Wildman–Crippen LogP) is 5.43. The summed E-state index contributed by atoms with van der Waals surface area (Å²) in [6, 6.07) is 9.99. The van der Waals surface area contributed by atoms with Gasteiger partial charge in [-0.25, -0.2) is 9.10 Å². The van der Waals surface area contributed by atoms with Gasteiger partial charge in [-0.2, -0.15) is 0 Å². The molecule has 1 fully saturated rings. The van der Waals surface area contributed by atoms with Crippen LogP contribution in [-0.4, -0.2) is 22.0 Å². The molecule has 0 saturated heterocycles. The minimum Gasteiger partial charge on any atom is -0.443 e. The van der Waals surface area contributed by atoms with Gasteiger partial charge in [0.05, 0.1) is 6.04 Å². The molecule has 2 rings (SSSR count). The Morgan fingerprint density at radius 2 is 1.95 bits per heavy atom. The largest absolute Gasteiger partial charge is 0.443 e. The molecule has 1 unspecified atom stereocenters. The van der Waals surface area contributed by atoms with Crippen molar-refractivity contribution in [3.8, 4) is 0 Å². The molecule has 1 aromatic carbocycles. The third kappa shape index (κ3) is 4.80. The minimum atomic E-state index is -0.497. The van der Waals surface area contributed by atoms with Crippen molar-refractivity contribution >= 4 is 18.0 Å². The summed E-state index contributed by atoms with van der Waals surface area (Å²) in [5.41, 5.74) is 0.628. The third-order valence-corrected chi connectivity index (χ3v) is 4.58. The molecule has 120 valence electrons. The minimum absolute atomic E-state index is 0.0498. The molecule has 0 N–H and O–H groups in total. The number of carbonyl (C=O) groups is 1. The average molecular weight is 319 g/mol. The lowest BCUT2D eigenvalue weighted by Gasteiger charge is -2.35. The molecular weight excluding hydrogens is 294 g/mol. The van der Waals surface area contributed by atoms with Crippen LogP contribution in [0.1, 0.15) is 46.5 Å². The van der Waals surface area contributed by atoms with Crippen molar-refractivity contribution in [1.29, 1.82) is 0 Å². The molecule has 3 nitrogen and oxygen atoms in total. The fraction of sp³-hybridized carbons (Fsp3) is 0.500. The Labute approximate surface area is 137 Å². The van der Waals surface area contributed by atoms with E-state index in [0.717, 1.165) is 36.2 Å². The van der Waals surface area contributed by atoms with Crippen LogP contribution in [-0.2, 0) is 4.74 Å². The van der Waals surface area contributed by atoms with Gasteiger partial charge in [0, 0.05) is 4.90 Å². The molecule has 22 heavy (non-hydrogen) atoms. The van der Waals surface area contributed by atoms with Crippen LogP contribution in [0.3, 0.4) is 0 Å². The first kappa shape index (κ1) is 16.9. The highest BCUT2D eigenvalue weighted by Gasteiger charge is 2.32. The number of hydrogen-bond donors (Lipinski definition) is 0. The van der Waals surface area contributed by atoms with Gasteiger partial charge in [0.15, 0.2) is 0 Å². The van der Waals surface area contributed by atoms with Crippen molar-refractivity contribution in [3.05, 3.63) is 42.5 Å². The monoisotopic (exact) mass is 319 g/mol. The van der Waals surface area contributed by atoms with E-state index in [1.54, 1.807) is 4.31 Å². The number of carbonyl (C=O) groups excluding carboxylic acids is 1. The third-order valence-electron chi connectivity index (χ3n) is 3.50. The van der Waals surface area contributed by atoms with Gasteiger partial charge >= 0.3 is 6.09 Å². The molecule has 1 aliphatic carbocycles. The van der Waals surface area contributed by atoms with Crippen molar-refractivity contribution in [1.82, 2.24) is 4.31 Å². The van der Waals surface area contributed by atoms with Crippen LogP contribution >= 0.6 is 11.9 Å². The number of rotatable bonds is 3. The van der Waals surface area contributed by atoms with E-state index < -0.39 is 5.60 Å². The van der Waals surface area contributed by atoms with Crippen molar-refractivity contribution in [2.75, 3.05) is 0 Å². The molecule has 0 spiro atoms. The van der Waals surface area contributed by atoms with Crippen LogP contribution in [0, 0.1) is 0 Å². The van der Waals surface area contributed by atoms with E-state index in [2.05, 4.69) is 6.58 Å². The highest BCUT2D eigenvalue weighted by molar-refractivity contribution is 7.97. The first-order valence-corrected chi connectivity index (χ1v) is 8.57. The lowest BCUT2D eigenvalue weighted by Crippen LogP contribution is -2.40. The van der Waals surface area contributed by atoms with E-state index in [9.17, 15) is 4.79 Å². The maximum atomic E-state index is 12.6. The van der Waals surface area contributed by atoms with E-state index in [-0.39, 0.29) is 12.1 Å². The van der Waals surface area contributed by atoms with E-state index in [1.807, 2.05) is 51.1 Å². The molecule has 0 heterocycles. The number of amides is 1. The molecule has 4 heteroatoms. The summed E-state index contributed by atoms with van der Waals surface area (Å²) in [4.78, 5) is 13.7. The van der Waals surface area contributed by atoms with Gasteiger partial charge in [0.2, 0.25) is 0 Å². The second-order valence-electron chi connectivity index (χ2n) is 6.63. The molecular formula is C18H25NO2S. The summed E-state index contributed by atoms with van der Waals surface area (Å²) >= 11 is 1.45. The fourth-order valence-electron chi connectivity index (χ4n) is 2.47. The highest BCUT2D eigenvalue weighted by atomic mass is 32.2. The maximum Gasteiger partial charge on any atom is 0.421 e. The second-order valence-corrected chi connectivity index (χ2v) is 7.68. The Bertz CT molecular complexity index is 522. The normalized spacial score (nSPS) is 18.9. The maximum absolute atomic E-state index is 12.6. The average Bonchev–Trinajstić information content (AvgIpc) is 2.45. The predicted molar refractivity (Wildman–Crippen MR) is 91.8 cm³/mol. The van der Waals surface area contributed by atoms with Crippen molar-refractivity contribution in [3.63, 3.8) is 0 Å². The lowest BCUT2D eigenvalue weighted by atomic mass is 9.91. The summed E-state index contributed by atoms with van der Waals surface area (Å²) in [7, 11) is 0. The van der Waals surface area contributed by atoms with Crippen LogP contribution < -0.4 is 0 Å². The van der Waals surface area contributed by atoms with E-state index in [4.69, 9.17) is 4.74 Å². The second kappa shape index (κ2) is 7.23. The SMILES string of the molecule is C=C1CCCCC1N(Sc1ccccc1)C(=O)OC(C)(C)C. The van der Waals surface area contributed by atoms with Gasteiger partial charge in [-0.3, -0.25) is 0 Å². The Hall–Kier alpha value is -1.42. The standard InChI is InChI=1S/C18H25NO2S/c1-14-10-8-9-13-16(14)19(17(20)21-18(2,3)4)22-15-11-6-5-7-12-15/h5-7,11-12,16H,1,8-10,13H2,2-4H3. The zero-order chi connectivity index (χ0) is 16.2. The first-order valence-electron chi connectivity index (χ1n) is 7.80. The van der Waals surface area contributed by atoms with Crippen molar-refractivity contribution in [2.45, 2.75) is 63.0 Å². The Balaban J connectivity index is 2.19. The van der Waals surface area contributed by atoms with Crippen molar-refractivity contribution in [2.24, 2.45) is 0 Å². The van der Waals surface area contributed by atoms with Crippen LogP contribution in [0.2, 0.25) is 0 Å². The van der Waals surface area contributed by atoms with Gasteiger partial charge in [-0.15, -0.1) is 0 Å². The van der Waals surface area contributed by atoms with Gasteiger partial charge < -0.3 is 4.74 Å². The Morgan fingerprint density at radius 1 is 1.27 bits per heavy atom. The molecule has 1 amide bonds. The Morgan fingerprint density at radius 3 is 2.55 bits per heavy atom. The summed E-state index contributed by atoms with van der Waals surface area (Å²) in [6.07, 6.45) is 3.94. The summed E-state index contributed by atoms with van der Waals surface area (Å²) in [5.74, 6) is 0. The van der Waals surface area contributed by atoms with Crippen LogP contribution in [0.15, 0.2) is 47.4 Å². The molecule has 1 atom stereocenters. The zero-order valence-electron chi connectivity index (χ0n) is 13.7. The van der Waals surface area contributed by atoms with Crippen LogP contribution in [0.25, 0.3) is 0 Å². The topological polar surface area (TPSA) is 29.5 Å². The lowest BCUT2D eigenvalue weighted by molar-refractivity contribution is 0.0361. The Kier molecular flexibility index (Phi) is 5.57. The number of ether oxygens (including phenoxy) is 1. The van der Waals surface area contributed by atoms with Crippen LogP contribution in [0.4, 0.5) is 4.79 Å². The first-order chi connectivity index (χ1) is 10.4. The number of hydrogen-bond acceptors (Lipinski definition) is 3. The molecule has 1 aromatic rings. The number of nitrogens with zero attached hydrogens (tertiary/aromatic N) is 1. The molecule has 0 aromatic heterocycles. The molecule has 0 bridgehead atoms. The quantitative estimate of drug-likeness (QED) is 0.549. The fourth-order valence-corrected chi connectivity index (χ4v) is 3.47. The summed E-state index contributed by atoms with van der Waals surface area (Å²) < 4.78 is 7.36. The van der Waals surface area contributed by atoms with Gasteiger partial charge in [0.25, 0.3) is 0 Å². The summed E-state index contributed by atoms with van der Waals surface area (Å²) in [6.45, 7) is 9.86. The van der Waals surface area contributed by atoms with E-state index in [1.165, 1.54) is 11.9 Å². The summed E-state index contributed by atoms with van der Waals surface area (Å²) in [5, 5.41) is 0. The van der Waals surface area contributed by atoms with Gasteiger partial charge in [-0.05, 0) is 64.1 Å². The molecule has 0 radical (unpaired) electrons. The zero-order valence-corrected chi connectivity index (χ0v) is 14.5. The molecule has 1 saturated carbocycles.